The first-order valence-electron chi connectivity index (χ1n) is 6.93. The van der Waals surface area contributed by atoms with Crippen LogP contribution in [0.15, 0.2) is 29.2 Å². The largest absolute Gasteiger partial charge is 0.378 e. The molecule has 2 saturated heterocycles. The van der Waals surface area contributed by atoms with Crippen LogP contribution in [0.5, 0.6) is 0 Å². The average molecular weight is 323 g/mol. The smallest absolute Gasteiger partial charge is 0.243 e. The van der Waals surface area contributed by atoms with Crippen LogP contribution in [0.1, 0.15) is 0 Å². The van der Waals surface area contributed by atoms with Crippen molar-refractivity contribution in [2.75, 3.05) is 32.1 Å². The SMILES string of the molecule is CN(C)c1ccc(S(=O)(=O)N2C[C@@H]3C(=O)NC(=O)[C@@H]3C2)cc1. The van der Waals surface area contributed by atoms with Crippen molar-refractivity contribution in [2.24, 2.45) is 11.8 Å². The van der Waals surface area contributed by atoms with Gasteiger partial charge in [-0.05, 0) is 24.3 Å². The number of carbonyl (C=O) groups is 2. The fourth-order valence-electron chi connectivity index (χ4n) is 2.87. The summed E-state index contributed by atoms with van der Waals surface area (Å²) < 4.78 is 26.5. The highest BCUT2D eigenvalue weighted by Gasteiger charge is 2.50. The summed E-state index contributed by atoms with van der Waals surface area (Å²) in [7, 11) is 0.0534. The maximum absolute atomic E-state index is 12.6. The number of hydrogen-bond donors (Lipinski definition) is 1. The Labute approximate surface area is 128 Å². The minimum atomic E-state index is -3.69. The molecule has 2 atom stereocenters. The maximum Gasteiger partial charge on any atom is 0.243 e. The number of imide groups is 1. The molecule has 7 nitrogen and oxygen atoms in total. The van der Waals surface area contributed by atoms with Crippen LogP contribution in [0.2, 0.25) is 0 Å². The lowest BCUT2D eigenvalue weighted by molar-refractivity contribution is -0.126. The molecule has 0 unspecified atom stereocenters. The highest BCUT2D eigenvalue weighted by molar-refractivity contribution is 7.89. The number of anilines is 1. The number of carbonyl (C=O) groups excluding carboxylic acids is 2. The Morgan fingerprint density at radius 3 is 2.00 bits per heavy atom. The van der Waals surface area contributed by atoms with E-state index >= 15 is 0 Å². The molecule has 2 aliphatic rings. The van der Waals surface area contributed by atoms with Crippen molar-refractivity contribution in [2.45, 2.75) is 4.90 Å². The van der Waals surface area contributed by atoms with Gasteiger partial charge in [-0.25, -0.2) is 8.42 Å². The third-order valence-corrected chi connectivity index (χ3v) is 6.04. The zero-order chi connectivity index (χ0) is 16.1. The summed E-state index contributed by atoms with van der Waals surface area (Å²) in [5, 5.41) is 2.25. The summed E-state index contributed by atoms with van der Waals surface area (Å²) in [6.45, 7) is 0.111. The van der Waals surface area contributed by atoms with Gasteiger partial charge in [-0.2, -0.15) is 4.31 Å². The normalized spacial score (nSPS) is 25.2. The summed E-state index contributed by atoms with van der Waals surface area (Å²) in [5.74, 6) is -1.89. The van der Waals surface area contributed by atoms with Gasteiger partial charge >= 0.3 is 0 Å². The molecule has 0 bridgehead atoms. The molecule has 0 aromatic heterocycles. The number of nitrogens with one attached hydrogen (secondary N) is 1. The van der Waals surface area contributed by atoms with Gasteiger partial charge in [0.05, 0.1) is 16.7 Å². The predicted molar refractivity (Wildman–Crippen MR) is 79.7 cm³/mol. The van der Waals surface area contributed by atoms with Gasteiger partial charge in [0, 0.05) is 32.9 Å². The number of hydrogen-bond acceptors (Lipinski definition) is 5. The van der Waals surface area contributed by atoms with E-state index in [0.29, 0.717) is 0 Å². The number of rotatable bonds is 3. The standard InChI is InChI=1S/C14H17N3O4S/c1-16(2)9-3-5-10(6-4-9)22(20,21)17-7-11-12(8-17)14(19)15-13(11)18/h3-6,11-12H,7-8H2,1-2H3,(H,15,18,19)/t11-,12+. The minimum Gasteiger partial charge on any atom is -0.378 e. The molecule has 8 heteroatoms. The summed E-state index contributed by atoms with van der Waals surface area (Å²) >= 11 is 0. The molecule has 118 valence electrons. The lowest BCUT2D eigenvalue weighted by atomic mass is 10.00. The maximum atomic E-state index is 12.6. The Hall–Kier alpha value is -1.93. The first kappa shape index (κ1) is 15.0. The van der Waals surface area contributed by atoms with E-state index in [-0.39, 0.29) is 29.8 Å². The van der Waals surface area contributed by atoms with Gasteiger partial charge in [0.2, 0.25) is 21.8 Å². The van der Waals surface area contributed by atoms with Gasteiger partial charge in [0.1, 0.15) is 0 Å². The van der Waals surface area contributed by atoms with E-state index in [1.54, 1.807) is 24.3 Å². The van der Waals surface area contributed by atoms with Crippen LogP contribution in [0.25, 0.3) is 0 Å². The second kappa shape index (κ2) is 5.06. The van der Waals surface area contributed by atoms with Crippen LogP contribution in [0.4, 0.5) is 5.69 Å². The van der Waals surface area contributed by atoms with Crippen molar-refractivity contribution in [3.8, 4) is 0 Å². The number of fused-ring (bicyclic) bond motifs is 1. The number of sulfonamides is 1. The van der Waals surface area contributed by atoms with E-state index < -0.39 is 21.9 Å². The topological polar surface area (TPSA) is 86.8 Å². The molecule has 22 heavy (non-hydrogen) atoms. The molecule has 1 N–H and O–H groups in total. The van der Waals surface area contributed by atoms with Crippen molar-refractivity contribution >= 4 is 27.5 Å². The monoisotopic (exact) mass is 323 g/mol. The number of benzene rings is 1. The fraction of sp³-hybridized carbons (Fsp3) is 0.429. The molecule has 3 rings (SSSR count). The van der Waals surface area contributed by atoms with Gasteiger partial charge in [-0.1, -0.05) is 0 Å². The van der Waals surface area contributed by atoms with Crippen molar-refractivity contribution in [1.29, 1.82) is 0 Å². The quantitative estimate of drug-likeness (QED) is 0.768. The molecule has 2 amide bonds. The van der Waals surface area contributed by atoms with Gasteiger partial charge in [-0.15, -0.1) is 0 Å². The van der Waals surface area contributed by atoms with E-state index in [2.05, 4.69) is 5.32 Å². The Bertz CT molecular complexity index is 705. The van der Waals surface area contributed by atoms with Crippen molar-refractivity contribution < 1.29 is 18.0 Å². The van der Waals surface area contributed by atoms with Crippen LogP contribution in [0.3, 0.4) is 0 Å². The third kappa shape index (κ3) is 2.28. The Balaban J connectivity index is 1.85. The molecule has 0 spiro atoms. The minimum absolute atomic E-state index is 0.0556. The van der Waals surface area contributed by atoms with Crippen LogP contribution >= 0.6 is 0 Å². The van der Waals surface area contributed by atoms with E-state index in [9.17, 15) is 18.0 Å². The molecule has 2 fully saturated rings. The van der Waals surface area contributed by atoms with E-state index in [0.717, 1.165) is 5.69 Å². The van der Waals surface area contributed by atoms with Gasteiger partial charge in [0.25, 0.3) is 0 Å². The highest BCUT2D eigenvalue weighted by Crippen LogP contribution is 2.32. The first-order valence-corrected chi connectivity index (χ1v) is 8.37. The molecule has 1 aromatic rings. The third-order valence-electron chi connectivity index (χ3n) is 4.20. The zero-order valence-corrected chi connectivity index (χ0v) is 13.1. The van der Waals surface area contributed by atoms with Crippen molar-refractivity contribution in [3.05, 3.63) is 24.3 Å². The highest BCUT2D eigenvalue weighted by atomic mass is 32.2. The Morgan fingerprint density at radius 1 is 1.05 bits per heavy atom. The molecule has 0 aliphatic carbocycles. The van der Waals surface area contributed by atoms with Gasteiger partial charge in [-0.3, -0.25) is 14.9 Å². The molecule has 2 aliphatic heterocycles. The first-order chi connectivity index (χ1) is 10.3. The molecule has 2 heterocycles. The van der Waals surface area contributed by atoms with E-state index in [1.807, 2.05) is 19.0 Å². The zero-order valence-electron chi connectivity index (χ0n) is 12.3. The summed E-state index contributed by atoms with van der Waals surface area (Å²) in [5.41, 5.74) is 0.895. The summed E-state index contributed by atoms with van der Waals surface area (Å²) in [6.07, 6.45) is 0. The van der Waals surface area contributed by atoms with Crippen molar-refractivity contribution in [3.63, 3.8) is 0 Å². The van der Waals surface area contributed by atoms with Crippen LogP contribution in [0, 0.1) is 11.8 Å². The fourth-order valence-corrected chi connectivity index (χ4v) is 4.36. The van der Waals surface area contributed by atoms with Crippen LogP contribution in [-0.2, 0) is 19.6 Å². The Kier molecular flexibility index (Phi) is 3.45. The molecule has 0 saturated carbocycles. The van der Waals surface area contributed by atoms with E-state index in [4.69, 9.17) is 0 Å². The number of amides is 2. The summed E-state index contributed by atoms with van der Waals surface area (Å²) in [4.78, 5) is 25.3. The van der Waals surface area contributed by atoms with Crippen molar-refractivity contribution in [1.82, 2.24) is 9.62 Å². The van der Waals surface area contributed by atoms with Crippen LogP contribution in [-0.4, -0.2) is 51.7 Å². The molecule has 1 aromatic carbocycles. The van der Waals surface area contributed by atoms with Gasteiger partial charge < -0.3 is 4.90 Å². The van der Waals surface area contributed by atoms with Gasteiger partial charge in [0.15, 0.2) is 0 Å². The molecular weight excluding hydrogens is 306 g/mol. The number of nitrogens with zero attached hydrogens (tertiary/aromatic N) is 2. The average Bonchev–Trinajstić information content (AvgIpc) is 3.02. The molecular formula is C14H17N3O4S. The molecule has 0 radical (unpaired) electrons. The summed E-state index contributed by atoms with van der Waals surface area (Å²) in [6, 6.07) is 6.53. The lowest BCUT2D eigenvalue weighted by Gasteiger charge is -2.18. The van der Waals surface area contributed by atoms with Crippen LogP contribution < -0.4 is 10.2 Å². The predicted octanol–water partition coefficient (Wildman–Crippen LogP) is -0.354. The Morgan fingerprint density at radius 2 is 1.55 bits per heavy atom. The van der Waals surface area contributed by atoms with E-state index in [1.165, 1.54) is 4.31 Å². The second-order valence-corrected chi connectivity index (χ2v) is 7.71. The second-order valence-electron chi connectivity index (χ2n) is 5.78. The lowest BCUT2D eigenvalue weighted by Crippen LogP contribution is -2.35.